The van der Waals surface area contributed by atoms with Crippen molar-refractivity contribution in [2.24, 2.45) is 5.73 Å². The molecule has 0 radical (unpaired) electrons. The highest BCUT2D eigenvalue weighted by molar-refractivity contribution is 7.99. The summed E-state index contributed by atoms with van der Waals surface area (Å²) in [6.45, 7) is 4.20. The summed E-state index contributed by atoms with van der Waals surface area (Å²) in [4.78, 5) is 7.28. The van der Waals surface area contributed by atoms with Gasteiger partial charge in [0.1, 0.15) is 0 Å². The van der Waals surface area contributed by atoms with Crippen molar-refractivity contribution in [2.45, 2.75) is 30.3 Å². The molecule has 3 N–H and O–H groups in total. The largest absolute Gasteiger partial charge is 0.340 e. The Balaban J connectivity index is 2.04. The van der Waals surface area contributed by atoms with E-state index in [9.17, 15) is 0 Å². The Morgan fingerprint density at radius 2 is 2.00 bits per heavy atom. The number of imidazole rings is 1. The summed E-state index contributed by atoms with van der Waals surface area (Å²) in [5.41, 5.74) is 8.67. The monoisotopic (exact) mass is 247 g/mol. The third kappa shape index (κ3) is 3.11. The quantitative estimate of drug-likeness (QED) is 0.817. The van der Waals surface area contributed by atoms with E-state index in [0.717, 1.165) is 5.16 Å². The second kappa shape index (κ2) is 5.38. The molecule has 4 heteroatoms. The average Bonchev–Trinajstić information content (AvgIpc) is 2.82. The van der Waals surface area contributed by atoms with Crippen LogP contribution in [0.4, 0.5) is 0 Å². The Kier molecular flexibility index (Phi) is 3.86. The molecule has 0 saturated heterocycles. The predicted molar refractivity (Wildman–Crippen MR) is 72.0 cm³/mol. The van der Waals surface area contributed by atoms with Gasteiger partial charge in [-0.3, -0.25) is 0 Å². The van der Waals surface area contributed by atoms with Crippen LogP contribution in [0.5, 0.6) is 0 Å². The van der Waals surface area contributed by atoms with E-state index < -0.39 is 0 Å². The molecule has 2 unspecified atom stereocenters. The molecule has 17 heavy (non-hydrogen) atoms. The SMILES string of the molecule is Cc1ccc(C(N)C(C)Sc2ncc[nH]2)cc1. The van der Waals surface area contributed by atoms with Gasteiger partial charge in [0.15, 0.2) is 5.16 Å². The van der Waals surface area contributed by atoms with Gasteiger partial charge < -0.3 is 10.7 Å². The number of thioether (sulfide) groups is 1. The first-order valence-electron chi connectivity index (χ1n) is 5.65. The minimum atomic E-state index is 0.0192. The summed E-state index contributed by atoms with van der Waals surface area (Å²) < 4.78 is 0. The maximum absolute atomic E-state index is 6.24. The molecule has 0 saturated carbocycles. The highest BCUT2D eigenvalue weighted by Crippen LogP contribution is 2.28. The lowest BCUT2D eigenvalue weighted by molar-refractivity contribution is 0.712. The molecule has 1 heterocycles. The molecule has 0 aliphatic carbocycles. The van der Waals surface area contributed by atoms with Crippen LogP contribution in [0.15, 0.2) is 41.8 Å². The number of aromatic amines is 1. The van der Waals surface area contributed by atoms with Crippen LogP contribution in [0.1, 0.15) is 24.1 Å². The molecular formula is C13H17N3S. The van der Waals surface area contributed by atoms with Gasteiger partial charge in [0.25, 0.3) is 0 Å². The summed E-state index contributed by atoms with van der Waals surface area (Å²) in [6.07, 6.45) is 3.58. The zero-order valence-corrected chi connectivity index (χ0v) is 10.9. The van der Waals surface area contributed by atoms with Gasteiger partial charge in [0.2, 0.25) is 0 Å². The highest BCUT2D eigenvalue weighted by Gasteiger charge is 2.16. The van der Waals surface area contributed by atoms with Gasteiger partial charge in [0, 0.05) is 23.7 Å². The van der Waals surface area contributed by atoms with Crippen molar-refractivity contribution in [3.63, 3.8) is 0 Å². The lowest BCUT2D eigenvalue weighted by Gasteiger charge is -2.18. The maximum Gasteiger partial charge on any atom is 0.165 e. The summed E-state index contributed by atoms with van der Waals surface area (Å²) >= 11 is 1.67. The van der Waals surface area contributed by atoms with Crippen molar-refractivity contribution in [3.05, 3.63) is 47.8 Å². The molecule has 0 aliphatic heterocycles. The van der Waals surface area contributed by atoms with E-state index in [0.29, 0.717) is 0 Å². The molecule has 2 rings (SSSR count). The summed E-state index contributed by atoms with van der Waals surface area (Å²) in [7, 11) is 0. The lowest BCUT2D eigenvalue weighted by atomic mass is 10.0. The Labute approximate surface area is 106 Å². The summed E-state index contributed by atoms with van der Waals surface area (Å²) in [5, 5.41) is 1.20. The molecule has 0 fully saturated rings. The molecule has 2 atom stereocenters. The molecule has 1 aromatic heterocycles. The topological polar surface area (TPSA) is 54.7 Å². The summed E-state index contributed by atoms with van der Waals surface area (Å²) in [5.74, 6) is 0. The molecule has 0 aliphatic rings. The van der Waals surface area contributed by atoms with Crippen molar-refractivity contribution >= 4 is 11.8 Å². The van der Waals surface area contributed by atoms with Crippen LogP contribution in [-0.2, 0) is 0 Å². The zero-order chi connectivity index (χ0) is 12.3. The molecule has 0 spiro atoms. The third-order valence-electron chi connectivity index (χ3n) is 2.74. The minimum absolute atomic E-state index is 0.0192. The Morgan fingerprint density at radius 1 is 1.29 bits per heavy atom. The zero-order valence-electron chi connectivity index (χ0n) is 10.1. The van der Waals surface area contributed by atoms with Crippen LogP contribution in [0.3, 0.4) is 0 Å². The van der Waals surface area contributed by atoms with E-state index in [2.05, 4.69) is 48.1 Å². The van der Waals surface area contributed by atoms with Gasteiger partial charge >= 0.3 is 0 Å². The van der Waals surface area contributed by atoms with Crippen LogP contribution >= 0.6 is 11.8 Å². The van der Waals surface area contributed by atoms with E-state index in [1.54, 1.807) is 18.0 Å². The number of nitrogens with two attached hydrogens (primary N) is 1. The van der Waals surface area contributed by atoms with Crippen molar-refractivity contribution in [2.75, 3.05) is 0 Å². The van der Waals surface area contributed by atoms with Crippen LogP contribution in [0.25, 0.3) is 0 Å². The Morgan fingerprint density at radius 3 is 2.59 bits per heavy atom. The number of aromatic nitrogens is 2. The second-order valence-corrected chi connectivity index (χ2v) is 5.52. The average molecular weight is 247 g/mol. The van der Waals surface area contributed by atoms with E-state index >= 15 is 0 Å². The number of benzene rings is 1. The molecule has 90 valence electrons. The van der Waals surface area contributed by atoms with Crippen molar-refractivity contribution in [3.8, 4) is 0 Å². The number of nitrogens with zero attached hydrogens (tertiary/aromatic N) is 1. The standard InChI is InChI=1S/C13H17N3S/c1-9-3-5-11(6-4-9)12(14)10(2)17-13-15-7-8-16-13/h3-8,10,12H,14H2,1-2H3,(H,15,16). The van der Waals surface area contributed by atoms with Gasteiger partial charge in [-0.2, -0.15) is 0 Å². The maximum atomic E-state index is 6.24. The number of hydrogen-bond donors (Lipinski definition) is 2. The molecule has 0 bridgehead atoms. The Hall–Kier alpha value is -1.26. The smallest absolute Gasteiger partial charge is 0.165 e. The number of nitrogens with one attached hydrogen (secondary N) is 1. The highest BCUT2D eigenvalue weighted by atomic mass is 32.2. The first-order chi connectivity index (χ1) is 8.16. The van der Waals surface area contributed by atoms with E-state index in [1.165, 1.54) is 11.1 Å². The fourth-order valence-corrected chi connectivity index (χ4v) is 2.54. The third-order valence-corrected chi connectivity index (χ3v) is 3.85. The second-order valence-electron chi connectivity index (χ2n) is 4.15. The molecule has 2 aromatic rings. The predicted octanol–water partition coefficient (Wildman–Crippen LogP) is 2.90. The normalized spacial score (nSPS) is 14.5. The van der Waals surface area contributed by atoms with Crippen molar-refractivity contribution in [1.29, 1.82) is 0 Å². The summed E-state index contributed by atoms with van der Waals surface area (Å²) in [6, 6.07) is 8.41. The minimum Gasteiger partial charge on any atom is -0.340 e. The van der Waals surface area contributed by atoms with Gasteiger partial charge in [-0.15, -0.1) is 0 Å². The van der Waals surface area contributed by atoms with E-state index in [1.807, 2.05) is 6.20 Å². The van der Waals surface area contributed by atoms with Gasteiger partial charge in [-0.05, 0) is 12.5 Å². The van der Waals surface area contributed by atoms with Crippen LogP contribution < -0.4 is 5.73 Å². The van der Waals surface area contributed by atoms with Crippen LogP contribution in [-0.4, -0.2) is 15.2 Å². The van der Waals surface area contributed by atoms with Crippen LogP contribution in [0, 0.1) is 6.92 Å². The van der Waals surface area contributed by atoms with Crippen molar-refractivity contribution < 1.29 is 0 Å². The number of H-pyrrole nitrogens is 1. The van der Waals surface area contributed by atoms with Crippen molar-refractivity contribution in [1.82, 2.24) is 9.97 Å². The van der Waals surface area contributed by atoms with Gasteiger partial charge in [-0.25, -0.2) is 4.98 Å². The first kappa shape index (κ1) is 12.2. The van der Waals surface area contributed by atoms with Gasteiger partial charge in [-0.1, -0.05) is 48.5 Å². The van der Waals surface area contributed by atoms with E-state index in [4.69, 9.17) is 5.73 Å². The number of aryl methyl sites for hydroxylation is 1. The first-order valence-corrected chi connectivity index (χ1v) is 6.53. The molecular weight excluding hydrogens is 230 g/mol. The fourth-order valence-electron chi connectivity index (χ4n) is 1.62. The molecule has 0 amide bonds. The molecule has 1 aromatic carbocycles. The number of rotatable bonds is 4. The lowest BCUT2D eigenvalue weighted by Crippen LogP contribution is -2.21. The molecule has 3 nitrogen and oxygen atoms in total. The fraction of sp³-hybridized carbons (Fsp3) is 0.308. The van der Waals surface area contributed by atoms with E-state index in [-0.39, 0.29) is 11.3 Å². The van der Waals surface area contributed by atoms with Gasteiger partial charge in [0.05, 0.1) is 0 Å². The number of hydrogen-bond acceptors (Lipinski definition) is 3. The van der Waals surface area contributed by atoms with Crippen LogP contribution in [0.2, 0.25) is 0 Å². The Bertz CT molecular complexity index is 450.